The highest BCUT2D eigenvalue weighted by Crippen LogP contribution is 2.20. The van der Waals surface area contributed by atoms with Crippen LogP contribution in [0.5, 0.6) is 0 Å². The van der Waals surface area contributed by atoms with E-state index < -0.39 is 5.60 Å². The molecule has 0 spiro atoms. The molecule has 0 radical (unpaired) electrons. The zero-order valence-electron chi connectivity index (χ0n) is 12.0. The summed E-state index contributed by atoms with van der Waals surface area (Å²) in [7, 11) is 1.55. The summed E-state index contributed by atoms with van der Waals surface area (Å²) in [4.78, 5) is 11.7. The lowest BCUT2D eigenvalue weighted by atomic mass is 9.98. The van der Waals surface area contributed by atoms with Crippen molar-refractivity contribution in [2.45, 2.75) is 64.1 Å². The Morgan fingerprint density at radius 2 is 1.94 bits per heavy atom. The second-order valence-electron chi connectivity index (χ2n) is 5.45. The first kappa shape index (κ1) is 15.4. The molecule has 1 aliphatic carbocycles. The van der Waals surface area contributed by atoms with Crippen LogP contribution in [0.4, 0.5) is 0 Å². The molecule has 0 heterocycles. The molecule has 1 fully saturated rings. The average Bonchev–Trinajstić information content (AvgIpc) is 2.39. The molecule has 4 heteroatoms. The summed E-state index contributed by atoms with van der Waals surface area (Å²) in [5.41, 5.74) is -0.746. The molecule has 0 aromatic heterocycles. The molecule has 0 bridgehead atoms. The summed E-state index contributed by atoms with van der Waals surface area (Å²) in [6.45, 7) is 4.92. The molecular formula is C14H27NO3. The van der Waals surface area contributed by atoms with Crippen LogP contribution in [-0.4, -0.2) is 37.9 Å². The molecule has 18 heavy (non-hydrogen) atoms. The first-order valence-corrected chi connectivity index (χ1v) is 7.01. The number of rotatable bonds is 7. The van der Waals surface area contributed by atoms with Crippen LogP contribution in [-0.2, 0) is 14.3 Å². The molecule has 1 rings (SSSR count). The van der Waals surface area contributed by atoms with Crippen LogP contribution < -0.4 is 5.32 Å². The maximum atomic E-state index is 11.7. The minimum atomic E-state index is -0.746. The summed E-state index contributed by atoms with van der Waals surface area (Å²) in [6, 6.07) is 0. The molecule has 0 saturated heterocycles. The fourth-order valence-electron chi connectivity index (χ4n) is 2.06. The van der Waals surface area contributed by atoms with Crippen LogP contribution in [0.3, 0.4) is 0 Å². The van der Waals surface area contributed by atoms with Gasteiger partial charge in [-0.3, -0.25) is 4.79 Å². The molecule has 0 aromatic rings. The minimum Gasteiger partial charge on any atom is -0.378 e. The van der Waals surface area contributed by atoms with Gasteiger partial charge in [0.1, 0.15) is 5.60 Å². The molecule has 1 N–H and O–H groups in total. The van der Waals surface area contributed by atoms with Gasteiger partial charge in [-0.15, -0.1) is 0 Å². The first-order chi connectivity index (χ1) is 8.56. The highest BCUT2D eigenvalue weighted by atomic mass is 16.5. The van der Waals surface area contributed by atoms with Crippen LogP contribution in [0.2, 0.25) is 0 Å². The van der Waals surface area contributed by atoms with Crippen LogP contribution in [0.15, 0.2) is 0 Å². The van der Waals surface area contributed by atoms with Gasteiger partial charge in [-0.2, -0.15) is 0 Å². The van der Waals surface area contributed by atoms with Gasteiger partial charge in [0.25, 0.3) is 5.91 Å². The Labute approximate surface area is 110 Å². The molecule has 106 valence electrons. The Hall–Kier alpha value is -0.610. The smallest absolute Gasteiger partial charge is 0.251 e. The average molecular weight is 257 g/mol. The number of carbonyl (C=O) groups excluding carboxylic acids is 1. The van der Waals surface area contributed by atoms with E-state index in [-0.39, 0.29) is 5.91 Å². The van der Waals surface area contributed by atoms with Gasteiger partial charge in [0, 0.05) is 20.3 Å². The summed E-state index contributed by atoms with van der Waals surface area (Å²) in [6.07, 6.45) is 7.65. The van der Waals surface area contributed by atoms with Crippen LogP contribution >= 0.6 is 0 Å². The number of hydrogen-bond donors (Lipinski definition) is 1. The van der Waals surface area contributed by atoms with Gasteiger partial charge >= 0.3 is 0 Å². The number of amides is 1. The lowest BCUT2D eigenvalue weighted by Crippen LogP contribution is -2.44. The van der Waals surface area contributed by atoms with Gasteiger partial charge in [-0.05, 0) is 33.1 Å². The third kappa shape index (κ3) is 5.36. The van der Waals surface area contributed by atoms with Crippen molar-refractivity contribution in [3.05, 3.63) is 0 Å². The van der Waals surface area contributed by atoms with E-state index in [1.165, 1.54) is 32.1 Å². The number of nitrogens with one attached hydrogen (secondary N) is 1. The van der Waals surface area contributed by atoms with Gasteiger partial charge in [-0.1, -0.05) is 19.3 Å². The normalized spacial score (nSPS) is 17.7. The second-order valence-corrected chi connectivity index (χ2v) is 5.45. The van der Waals surface area contributed by atoms with Gasteiger partial charge in [0.2, 0.25) is 0 Å². The minimum absolute atomic E-state index is 0.0670. The predicted octanol–water partition coefficient (Wildman–Crippen LogP) is 2.27. The second kappa shape index (κ2) is 7.74. The zero-order valence-corrected chi connectivity index (χ0v) is 12.0. The van der Waals surface area contributed by atoms with E-state index in [9.17, 15) is 4.79 Å². The molecule has 0 atom stereocenters. The lowest BCUT2D eigenvalue weighted by molar-refractivity contribution is -0.139. The Morgan fingerprint density at radius 3 is 2.56 bits per heavy atom. The van der Waals surface area contributed by atoms with Gasteiger partial charge in [0.05, 0.1) is 6.10 Å². The standard InChI is InChI=1S/C14H27NO3/c1-14(2,17-3)13(16)15-10-7-11-18-12-8-5-4-6-9-12/h12H,4-11H2,1-3H3,(H,15,16). The number of hydrogen-bond acceptors (Lipinski definition) is 3. The highest BCUT2D eigenvalue weighted by molar-refractivity contribution is 5.84. The fraction of sp³-hybridized carbons (Fsp3) is 0.929. The van der Waals surface area contributed by atoms with Gasteiger partial charge in [0.15, 0.2) is 0 Å². The number of ether oxygens (including phenoxy) is 2. The largest absolute Gasteiger partial charge is 0.378 e. The van der Waals surface area contributed by atoms with Crippen molar-refractivity contribution < 1.29 is 14.3 Å². The summed E-state index contributed by atoms with van der Waals surface area (Å²) in [5.74, 6) is -0.0670. The quantitative estimate of drug-likeness (QED) is 0.712. The monoisotopic (exact) mass is 257 g/mol. The van der Waals surface area contributed by atoms with Crippen LogP contribution in [0.25, 0.3) is 0 Å². The lowest BCUT2D eigenvalue weighted by Gasteiger charge is -2.23. The Bertz CT molecular complexity index is 247. The maximum absolute atomic E-state index is 11.7. The first-order valence-electron chi connectivity index (χ1n) is 7.01. The van der Waals surface area contributed by atoms with Crippen molar-refractivity contribution in [3.63, 3.8) is 0 Å². The third-order valence-electron chi connectivity index (χ3n) is 3.57. The zero-order chi connectivity index (χ0) is 13.4. The molecule has 0 aromatic carbocycles. The van der Waals surface area contributed by atoms with Crippen LogP contribution in [0, 0.1) is 0 Å². The van der Waals surface area contributed by atoms with E-state index in [4.69, 9.17) is 9.47 Å². The molecule has 4 nitrogen and oxygen atoms in total. The SMILES string of the molecule is COC(C)(C)C(=O)NCCCOC1CCCCC1. The van der Waals surface area contributed by atoms with E-state index >= 15 is 0 Å². The van der Waals surface area contributed by atoms with Crippen molar-refractivity contribution in [2.75, 3.05) is 20.3 Å². The Morgan fingerprint density at radius 1 is 1.28 bits per heavy atom. The van der Waals surface area contributed by atoms with E-state index in [0.717, 1.165) is 13.0 Å². The van der Waals surface area contributed by atoms with Crippen molar-refractivity contribution >= 4 is 5.91 Å². The van der Waals surface area contributed by atoms with Gasteiger partial charge < -0.3 is 14.8 Å². The molecule has 1 aliphatic rings. The summed E-state index contributed by atoms with van der Waals surface area (Å²) in [5, 5.41) is 2.87. The van der Waals surface area contributed by atoms with E-state index in [1.807, 2.05) is 0 Å². The number of methoxy groups -OCH3 is 1. The van der Waals surface area contributed by atoms with Crippen LogP contribution in [0.1, 0.15) is 52.4 Å². The Balaban J connectivity index is 2.03. The molecule has 1 saturated carbocycles. The highest BCUT2D eigenvalue weighted by Gasteiger charge is 2.26. The van der Waals surface area contributed by atoms with E-state index in [2.05, 4.69) is 5.32 Å². The number of carbonyl (C=O) groups is 1. The Kier molecular flexibility index (Phi) is 6.65. The predicted molar refractivity (Wildman–Crippen MR) is 71.5 cm³/mol. The fourth-order valence-corrected chi connectivity index (χ4v) is 2.06. The summed E-state index contributed by atoms with van der Waals surface area (Å²) >= 11 is 0. The van der Waals surface area contributed by atoms with Crippen molar-refractivity contribution in [1.29, 1.82) is 0 Å². The maximum Gasteiger partial charge on any atom is 0.251 e. The van der Waals surface area contributed by atoms with Crippen molar-refractivity contribution in [3.8, 4) is 0 Å². The molecule has 1 amide bonds. The van der Waals surface area contributed by atoms with Gasteiger partial charge in [-0.25, -0.2) is 0 Å². The van der Waals surface area contributed by atoms with E-state index in [1.54, 1.807) is 21.0 Å². The summed E-state index contributed by atoms with van der Waals surface area (Å²) < 4.78 is 10.9. The third-order valence-corrected chi connectivity index (χ3v) is 3.57. The van der Waals surface area contributed by atoms with Crippen molar-refractivity contribution in [2.24, 2.45) is 0 Å². The van der Waals surface area contributed by atoms with Crippen molar-refractivity contribution in [1.82, 2.24) is 5.32 Å². The van der Waals surface area contributed by atoms with E-state index in [0.29, 0.717) is 12.6 Å². The topological polar surface area (TPSA) is 47.6 Å². The molecular weight excluding hydrogens is 230 g/mol. The molecule has 0 unspecified atom stereocenters. The molecule has 0 aliphatic heterocycles.